The molecule has 0 bridgehead atoms. The van der Waals surface area contributed by atoms with Gasteiger partial charge in [0.1, 0.15) is 5.75 Å². The van der Waals surface area contributed by atoms with Gasteiger partial charge in [0.2, 0.25) is 0 Å². The average Bonchev–Trinajstić information content (AvgIpc) is 2.92. The Morgan fingerprint density at radius 1 is 0.921 bits per heavy atom. The van der Waals surface area contributed by atoms with Gasteiger partial charge < -0.3 is 19.5 Å². The lowest BCUT2D eigenvalue weighted by atomic mass is 10.1. The predicted molar refractivity (Wildman–Crippen MR) is 151 cm³/mol. The molecule has 8 nitrogen and oxygen atoms in total. The van der Waals surface area contributed by atoms with Gasteiger partial charge in [-0.15, -0.1) is 0 Å². The van der Waals surface area contributed by atoms with Crippen LogP contribution in [0.15, 0.2) is 88.4 Å². The molecule has 0 radical (unpaired) electrons. The third-order valence-corrected chi connectivity index (χ3v) is 6.02. The van der Waals surface area contributed by atoms with E-state index >= 15 is 0 Å². The van der Waals surface area contributed by atoms with Crippen molar-refractivity contribution in [1.82, 2.24) is 5.43 Å². The SMILES string of the molecule is CCOc1cc(/C=N\NC(=O)c2cc3ccccc3cc2OC)cc(Br)c1OCC(=O)Nc1ccccc1. The summed E-state index contributed by atoms with van der Waals surface area (Å²) in [7, 11) is 1.52. The molecule has 0 fully saturated rings. The maximum atomic E-state index is 12.8. The number of carbonyl (C=O) groups is 2. The van der Waals surface area contributed by atoms with Crippen molar-refractivity contribution in [2.24, 2.45) is 5.10 Å². The second kappa shape index (κ2) is 12.7. The van der Waals surface area contributed by atoms with Crippen LogP contribution >= 0.6 is 15.9 Å². The van der Waals surface area contributed by atoms with Crippen LogP contribution in [-0.4, -0.2) is 38.4 Å². The van der Waals surface area contributed by atoms with E-state index in [9.17, 15) is 9.59 Å². The number of ether oxygens (including phenoxy) is 3. The van der Waals surface area contributed by atoms with E-state index in [0.29, 0.717) is 45.1 Å². The Hall–Kier alpha value is -4.37. The molecular formula is C29H26BrN3O5. The Morgan fingerprint density at radius 2 is 1.63 bits per heavy atom. The van der Waals surface area contributed by atoms with E-state index in [-0.39, 0.29) is 12.5 Å². The van der Waals surface area contributed by atoms with Crippen molar-refractivity contribution in [3.63, 3.8) is 0 Å². The summed E-state index contributed by atoms with van der Waals surface area (Å²) in [6, 6.07) is 23.9. The molecule has 0 aliphatic carbocycles. The van der Waals surface area contributed by atoms with Crippen molar-refractivity contribution in [2.75, 3.05) is 25.6 Å². The largest absolute Gasteiger partial charge is 0.496 e. The third-order valence-electron chi connectivity index (χ3n) is 5.43. The molecule has 0 heterocycles. The number of fused-ring (bicyclic) bond motifs is 1. The van der Waals surface area contributed by atoms with E-state index in [1.807, 2.05) is 55.5 Å². The number of para-hydroxylation sites is 1. The van der Waals surface area contributed by atoms with Crippen LogP contribution in [0, 0.1) is 0 Å². The number of carbonyl (C=O) groups excluding carboxylic acids is 2. The average molecular weight is 576 g/mol. The fourth-order valence-electron chi connectivity index (χ4n) is 3.71. The van der Waals surface area contributed by atoms with Gasteiger partial charge in [0, 0.05) is 5.69 Å². The number of benzene rings is 4. The van der Waals surface area contributed by atoms with Crippen molar-refractivity contribution in [2.45, 2.75) is 6.92 Å². The summed E-state index contributed by atoms with van der Waals surface area (Å²) < 4.78 is 17.5. The quantitative estimate of drug-likeness (QED) is 0.184. The maximum Gasteiger partial charge on any atom is 0.275 e. The van der Waals surface area contributed by atoms with Gasteiger partial charge in [-0.1, -0.05) is 42.5 Å². The first kappa shape index (κ1) is 26.7. The Balaban J connectivity index is 1.45. The van der Waals surface area contributed by atoms with Crippen molar-refractivity contribution in [3.8, 4) is 17.2 Å². The molecular weight excluding hydrogens is 550 g/mol. The zero-order valence-corrected chi connectivity index (χ0v) is 22.4. The minimum atomic E-state index is -0.405. The monoisotopic (exact) mass is 575 g/mol. The third kappa shape index (κ3) is 6.68. The number of halogens is 1. The van der Waals surface area contributed by atoms with Gasteiger partial charge in [0.25, 0.3) is 11.8 Å². The van der Waals surface area contributed by atoms with Crippen LogP contribution in [0.5, 0.6) is 17.2 Å². The highest BCUT2D eigenvalue weighted by Gasteiger charge is 2.15. The topological polar surface area (TPSA) is 98.2 Å². The second-order valence-corrected chi connectivity index (χ2v) is 8.92. The second-order valence-electron chi connectivity index (χ2n) is 8.06. The first-order valence-corrected chi connectivity index (χ1v) is 12.6. The first-order chi connectivity index (χ1) is 18.5. The number of hydrogen-bond acceptors (Lipinski definition) is 6. The Bertz CT molecular complexity index is 1470. The standard InChI is InChI=1S/C29H26BrN3O5/c1-3-37-26-14-19(13-24(30)28(26)38-18-27(34)32-22-11-5-4-6-12-22)17-31-33-29(35)23-15-20-9-7-8-10-21(20)16-25(23)36-2/h4-17H,3,18H2,1-2H3,(H,32,34)(H,33,35)/b31-17-. The molecule has 0 aliphatic heterocycles. The highest BCUT2D eigenvalue weighted by Crippen LogP contribution is 2.36. The summed E-state index contributed by atoms with van der Waals surface area (Å²) in [6.45, 7) is 2.03. The van der Waals surface area contributed by atoms with Gasteiger partial charge in [-0.2, -0.15) is 5.10 Å². The van der Waals surface area contributed by atoms with Gasteiger partial charge in [0.05, 0.1) is 30.0 Å². The summed E-state index contributed by atoms with van der Waals surface area (Å²) >= 11 is 3.48. The normalized spacial score (nSPS) is 10.8. The van der Waals surface area contributed by atoms with E-state index in [1.165, 1.54) is 13.3 Å². The zero-order chi connectivity index (χ0) is 26.9. The summed E-state index contributed by atoms with van der Waals surface area (Å²) in [5, 5.41) is 8.77. The van der Waals surface area contributed by atoms with Gasteiger partial charge in [-0.05, 0) is 75.6 Å². The van der Waals surface area contributed by atoms with Crippen LogP contribution < -0.4 is 25.0 Å². The van der Waals surface area contributed by atoms with E-state index < -0.39 is 5.91 Å². The van der Waals surface area contributed by atoms with E-state index in [1.54, 1.807) is 30.3 Å². The molecule has 4 rings (SSSR count). The number of rotatable bonds is 10. The number of nitrogens with zero attached hydrogens (tertiary/aromatic N) is 1. The van der Waals surface area contributed by atoms with Gasteiger partial charge in [0.15, 0.2) is 18.1 Å². The molecule has 194 valence electrons. The molecule has 0 unspecified atom stereocenters. The lowest BCUT2D eigenvalue weighted by molar-refractivity contribution is -0.118. The Labute approximate surface area is 228 Å². The van der Waals surface area contributed by atoms with Crippen LogP contribution in [0.4, 0.5) is 5.69 Å². The van der Waals surface area contributed by atoms with Crippen molar-refractivity contribution >= 4 is 50.4 Å². The zero-order valence-electron chi connectivity index (χ0n) is 20.9. The molecule has 0 spiro atoms. The lowest BCUT2D eigenvalue weighted by Gasteiger charge is -2.14. The van der Waals surface area contributed by atoms with Crippen LogP contribution in [0.1, 0.15) is 22.8 Å². The van der Waals surface area contributed by atoms with Crippen molar-refractivity contribution in [3.05, 3.63) is 94.5 Å². The van der Waals surface area contributed by atoms with Crippen LogP contribution in [0.2, 0.25) is 0 Å². The number of amides is 2. The highest BCUT2D eigenvalue weighted by atomic mass is 79.9. The molecule has 0 aliphatic rings. The lowest BCUT2D eigenvalue weighted by Crippen LogP contribution is -2.20. The van der Waals surface area contributed by atoms with Gasteiger partial charge in [-0.25, -0.2) is 5.43 Å². The van der Waals surface area contributed by atoms with Gasteiger partial charge >= 0.3 is 0 Å². The molecule has 2 N–H and O–H groups in total. The van der Waals surface area contributed by atoms with E-state index in [2.05, 4.69) is 31.8 Å². The van der Waals surface area contributed by atoms with Crippen molar-refractivity contribution in [1.29, 1.82) is 0 Å². The molecule has 0 aromatic heterocycles. The fourth-order valence-corrected chi connectivity index (χ4v) is 4.29. The number of anilines is 1. The minimum Gasteiger partial charge on any atom is -0.496 e. The van der Waals surface area contributed by atoms with Crippen LogP contribution in [-0.2, 0) is 4.79 Å². The van der Waals surface area contributed by atoms with Crippen LogP contribution in [0.25, 0.3) is 10.8 Å². The summed E-state index contributed by atoms with van der Waals surface area (Å²) in [6.07, 6.45) is 1.49. The molecule has 0 atom stereocenters. The number of nitrogens with one attached hydrogen (secondary N) is 2. The molecule has 38 heavy (non-hydrogen) atoms. The van der Waals surface area contributed by atoms with Crippen molar-refractivity contribution < 1.29 is 23.8 Å². The summed E-state index contributed by atoms with van der Waals surface area (Å²) in [5.41, 5.74) is 4.24. The summed E-state index contributed by atoms with van der Waals surface area (Å²) in [5.74, 6) is 0.562. The number of hydrazone groups is 1. The van der Waals surface area contributed by atoms with E-state index in [0.717, 1.165) is 10.8 Å². The highest BCUT2D eigenvalue weighted by molar-refractivity contribution is 9.10. The van der Waals surface area contributed by atoms with Crippen LogP contribution in [0.3, 0.4) is 0 Å². The minimum absolute atomic E-state index is 0.204. The van der Waals surface area contributed by atoms with E-state index in [4.69, 9.17) is 14.2 Å². The molecule has 0 saturated heterocycles. The number of methoxy groups -OCH3 is 1. The predicted octanol–water partition coefficient (Wildman–Crippen LogP) is 5.79. The maximum absolute atomic E-state index is 12.8. The summed E-state index contributed by atoms with van der Waals surface area (Å²) in [4.78, 5) is 25.1. The first-order valence-electron chi connectivity index (χ1n) is 11.8. The number of hydrogen-bond donors (Lipinski definition) is 2. The molecule has 4 aromatic rings. The van der Waals surface area contributed by atoms with Gasteiger partial charge in [-0.3, -0.25) is 9.59 Å². The molecule has 0 saturated carbocycles. The Morgan fingerprint density at radius 3 is 2.34 bits per heavy atom. The molecule has 9 heteroatoms. The molecule has 2 amide bonds. The molecule has 4 aromatic carbocycles. The smallest absolute Gasteiger partial charge is 0.275 e. The fraction of sp³-hybridized carbons (Fsp3) is 0.138. The Kier molecular flexibility index (Phi) is 8.94.